The third-order valence-corrected chi connectivity index (χ3v) is 8.72. The number of hydrogen-bond acceptors (Lipinski definition) is 4. The van der Waals surface area contributed by atoms with E-state index in [0.717, 1.165) is 31.3 Å². The van der Waals surface area contributed by atoms with Crippen molar-refractivity contribution in [1.82, 2.24) is 0 Å². The van der Waals surface area contributed by atoms with Crippen LogP contribution in [-0.2, 0) is 9.59 Å². The largest absolute Gasteiger partial charge is 0.392 e. The molecule has 0 aromatic carbocycles. The molecule has 0 amide bonds. The fourth-order valence-corrected chi connectivity index (χ4v) is 7.12. The van der Waals surface area contributed by atoms with Gasteiger partial charge in [-0.2, -0.15) is 0 Å². The normalized spacial score (nSPS) is 52.0. The highest BCUT2D eigenvalue weighted by Crippen LogP contribution is 2.67. The highest BCUT2D eigenvalue weighted by molar-refractivity contribution is 5.91. The fraction of sp³-hybridized carbons (Fsp3) is 0.810. The van der Waals surface area contributed by atoms with E-state index in [1.54, 1.807) is 6.08 Å². The summed E-state index contributed by atoms with van der Waals surface area (Å²) in [4.78, 5) is 24.1. The molecule has 0 aromatic heterocycles. The van der Waals surface area contributed by atoms with Gasteiger partial charge < -0.3 is 10.2 Å². The molecule has 0 unspecified atom stereocenters. The summed E-state index contributed by atoms with van der Waals surface area (Å²) in [5, 5.41) is 22.1. The van der Waals surface area contributed by atoms with Gasteiger partial charge in [0, 0.05) is 11.8 Å². The zero-order valence-electron chi connectivity index (χ0n) is 15.5. The number of aliphatic hydroxyl groups excluding tert-OH is 1. The summed E-state index contributed by atoms with van der Waals surface area (Å²) < 4.78 is 0. The van der Waals surface area contributed by atoms with Gasteiger partial charge in [0.15, 0.2) is 11.6 Å². The molecule has 4 aliphatic rings. The summed E-state index contributed by atoms with van der Waals surface area (Å²) in [5.41, 5.74) is -0.581. The number of hydrogen-bond donors (Lipinski definition) is 2. The first-order valence-corrected chi connectivity index (χ1v) is 9.79. The molecule has 0 heterocycles. The van der Waals surface area contributed by atoms with Crippen LogP contribution in [0.15, 0.2) is 11.6 Å². The van der Waals surface area contributed by atoms with Crippen LogP contribution < -0.4 is 0 Å². The minimum atomic E-state index is -1.25. The van der Waals surface area contributed by atoms with E-state index in [0.29, 0.717) is 25.2 Å². The van der Waals surface area contributed by atoms with E-state index in [1.165, 1.54) is 6.92 Å². The predicted molar refractivity (Wildman–Crippen MR) is 93.7 cm³/mol. The Morgan fingerprint density at radius 2 is 1.84 bits per heavy atom. The molecule has 138 valence electrons. The topological polar surface area (TPSA) is 74.6 Å². The number of rotatable bonds is 1. The summed E-state index contributed by atoms with van der Waals surface area (Å²) in [7, 11) is 0. The summed E-state index contributed by atoms with van der Waals surface area (Å²) in [5.74, 6) is 0.679. The summed E-state index contributed by atoms with van der Waals surface area (Å²) >= 11 is 0. The molecule has 0 aliphatic heterocycles. The second kappa shape index (κ2) is 5.26. The molecule has 4 aliphatic carbocycles. The fourth-order valence-electron chi connectivity index (χ4n) is 7.12. The van der Waals surface area contributed by atoms with Crippen LogP contribution in [-0.4, -0.2) is 33.5 Å². The van der Waals surface area contributed by atoms with E-state index >= 15 is 0 Å². The molecule has 3 saturated carbocycles. The first kappa shape index (κ1) is 17.4. The van der Waals surface area contributed by atoms with Crippen molar-refractivity contribution in [3.05, 3.63) is 11.6 Å². The van der Waals surface area contributed by atoms with Crippen LogP contribution in [0.3, 0.4) is 0 Å². The molecule has 0 spiro atoms. The number of ketones is 2. The Bertz CT molecular complexity index is 667. The Morgan fingerprint density at radius 1 is 1.16 bits per heavy atom. The van der Waals surface area contributed by atoms with Gasteiger partial charge in [-0.05, 0) is 74.7 Å². The first-order chi connectivity index (χ1) is 11.6. The standard InChI is InChI=1S/C21H30O4/c1-12(22)21(25)9-6-16-18-15(5-8-20(16,21)3)19(2)7-4-14(23)10-13(19)11-17(18)24/h10,15-18,24-25H,4-9,11H2,1-3H3/t15-,16-,17+,18+,19-,20-,21-/m0/s1. The highest BCUT2D eigenvalue weighted by Gasteiger charge is 2.66. The Labute approximate surface area is 149 Å². The molecule has 4 heteroatoms. The zero-order valence-corrected chi connectivity index (χ0v) is 15.5. The lowest BCUT2D eigenvalue weighted by atomic mass is 9.45. The predicted octanol–water partition coefficient (Wildman–Crippen LogP) is 2.81. The SMILES string of the molecule is CC(=O)[C@@]1(O)CC[C@H]2[C@@H]3[C@H](O)CC4=CC(=O)CC[C@]4(C)[C@H]3CC[C@@]21C. The van der Waals surface area contributed by atoms with Crippen molar-refractivity contribution >= 4 is 11.6 Å². The van der Waals surface area contributed by atoms with Gasteiger partial charge >= 0.3 is 0 Å². The minimum Gasteiger partial charge on any atom is -0.392 e. The van der Waals surface area contributed by atoms with Crippen LogP contribution in [0.25, 0.3) is 0 Å². The van der Waals surface area contributed by atoms with Crippen molar-refractivity contribution in [2.75, 3.05) is 0 Å². The van der Waals surface area contributed by atoms with Crippen LogP contribution in [0.2, 0.25) is 0 Å². The lowest BCUT2D eigenvalue weighted by molar-refractivity contribution is -0.168. The Kier molecular flexibility index (Phi) is 3.66. The van der Waals surface area contributed by atoms with Gasteiger partial charge in [0.05, 0.1) is 6.10 Å². The maximum absolute atomic E-state index is 12.2. The van der Waals surface area contributed by atoms with E-state index < -0.39 is 17.1 Å². The van der Waals surface area contributed by atoms with Crippen LogP contribution in [0.4, 0.5) is 0 Å². The van der Waals surface area contributed by atoms with Crippen molar-refractivity contribution in [3.8, 4) is 0 Å². The number of aliphatic hydroxyl groups is 2. The molecule has 0 saturated heterocycles. The van der Waals surface area contributed by atoms with E-state index in [1.807, 2.05) is 0 Å². The minimum absolute atomic E-state index is 0.0178. The van der Waals surface area contributed by atoms with Gasteiger partial charge in [0.25, 0.3) is 0 Å². The second-order valence-corrected chi connectivity index (χ2v) is 9.53. The van der Waals surface area contributed by atoms with Crippen molar-refractivity contribution in [1.29, 1.82) is 0 Å². The quantitative estimate of drug-likeness (QED) is 0.766. The average molecular weight is 346 g/mol. The molecule has 7 atom stereocenters. The van der Waals surface area contributed by atoms with Gasteiger partial charge in [-0.3, -0.25) is 9.59 Å². The Morgan fingerprint density at radius 3 is 2.52 bits per heavy atom. The van der Waals surface area contributed by atoms with Crippen LogP contribution >= 0.6 is 0 Å². The van der Waals surface area contributed by atoms with Crippen LogP contribution in [0, 0.1) is 28.6 Å². The highest BCUT2D eigenvalue weighted by atomic mass is 16.3. The molecule has 4 nitrogen and oxygen atoms in total. The average Bonchev–Trinajstić information content (AvgIpc) is 2.82. The molecule has 25 heavy (non-hydrogen) atoms. The van der Waals surface area contributed by atoms with E-state index in [2.05, 4.69) is 13.8 Å². The first-order valence-electron chi connectivity index (χ1n) is 9.79. The van der Waals surface area contributed by atoms with Gasteiger partial charge in [0.1, 0.15) is 5.60 Å². The summed E-state index contributed by atoms with van der Waals surface area (Å²) in [6.07, 6.45) is 6.38. The molecule has 3 fully saturated rings. The zero-order chi connectivity index (χ0) is 18.2. The van der Waals surface area contributed by atoms with E-state index in [4.69, 9.17) is 0 Å². The van der Waals surface area contributed by atoms with Crippen molar-refractivity contribution in [3.63, 3.8) is 0 Å². The van der Waals surface area contributed by atoms with Crippen molar-refractivity contribution in [2.45, 2.75) is 77.4 Å². The van der Waals surface area contributed by atoms with Gasteiger partial charge in [0.2, 0.25) is 0 Å². The molecule has 2 N–H and O–H groups in total. The smallest absolute Gasteiger partial charge is 0.161 e. The number of Topliss-reactive ketones (excluding diaryl/α,β-unsaturated/α-hetero) is 1. The lowest BCUT2D eigenvalue weighted by Gasteiger charge is -2.60. The third kappa shape index (κ3) is 2.07. The van der Waals surface area contributed by atoms with Gasteiger partial charge in [-0.25, -0.2) is 0 Å². The molecule has 0 radical (unpaired) electrons. The maximum Gasteiger partial charge on any atom is 0.161 e. The van der Waals surface area contributed by atoms with Gasteiger partial charge in [-0.15, -0.1) is 0 Å². The number of fused-ring (bicyclic) bond motifs is 5. The molecular weight excluding hydrogens is 316 g/mol. The molecule has 4 rings (SSSR count). The van der Waals surface area contributed by atoms with E-state index in [-0.39, 0.29) is 28.8 Å². The van der Waals surface area contributed by atoms with Crippen LogP contribution in [0.5, 0.6) is 0 Å². The monoisotopic (exact) mass is 346 g/mol. The summed E-state index contributed by atoms with van der Waals surface area (Å²) in [6, 6.07) is 0. The maximum atomic E-state index is 12.2. The van der Waals surface area contributed by atoms with Crippen molar-refractivity contribution in [2.24, 2.45) is 28.6 Å². The Hall–Kier alpha value is -1.00. The number of carbonyl (C=O) groups excluding carboxylic acids is 2. The number of carbonyl (C=O) groups is 2. The lowest BCUT2D eigenvalue weighted by Crippen LogP contribution is -2.59. The Balaban J connectivity index is 1.74. The molecule has 0 aromatic rings. The second-order valence-electron chi connectivity index (χ2n) is 9.53. The van der Waals surface area contributed by atoms with E-state index in [9.17, 15) is 19.8 Å². The third-order valence-electron chi connectivity index (χ3n) is 8.72. The summed E-state index contributed by atoms with van der Waals surface area (Å²) in [6.45, 7) is 5.84. The molecule has 0 bridgehead atoms. The molecular formula is C21H30O4. The van der Waals surface area contributed by atoms with Crippen LogP contribution in [0.1, 0.15) is 65.7 Å². The van der Waals surface area contributed by atoms with Crippen molar-refractivity contribution < 1.29 is 19.8 Å². The van der Waals surface area contributed by atoms with Gasteiger partial charge in [-0.1, -0.05) is 19.4 Å².